The maximum Gasteiger partial charge on any atom is 0.419 e. The quantitative estimate of drug-likeness (QED) is 0.822. The Labute approximate surface area is 113 Å². The maximum atomic E-state index is 13.6. The normalized spacial score (nSPS) is 23.6. The minimum Gasteiger partial charge on any atom is -0.369 e. The molecule has 1 aromatic rings. The first-order chi connectivity index (χ1) is 9.30. The van der Waals surface area contributed by atoms with E-state index in [-0.39, 0.29) is 0 Å². The Bertz CT molecular complexity index is 516. The molecule has 1 saturated heterocycles. The highest BCUT2D eigenvalue weighted by molar-refractivity contribution is 5.77. The summed E-state index contributed by atoms with van der Waals surface area (Å²) in [5.41, 5.74) is 4.27. The van der Waals surface area contributed by atoms with E-state index in [0.717, 1.165) is 12.5 Å². The Hall–Kier alpha value is -1.63. The number of carbonyl (C=O) groups is 1. The molecule has 1 amide bonds. The van der Waals surface area contributed by atoms with Crippen LogP contribution in [0.4, 0.5) is 17.6 Å². The number of amides is 1. The highest BCUT2D eigenvalue weighted by Crippen LogP contribution is 2.35. The van der Waals surface area contributed by atoms with Crippen LogP contribution >= 0.6 is 0 Å². The van der Waals surface area contributed by atoms with Gasteiger partial charge in [-0.1, -0.05) is 6.07 Å². The number of nitrogens with two attached hydrogens (primary N) is 1. The van der Waals surface area contributed by atoms with Gasteiger partial charge in [-0.2, -0.15) is 13.2 Å². The number of carbonyl (C=O) groups excluding carboxylic acids is 1. The number of primary amides is 1. The topological polar surface area (TPSA) is 55.1 Å². The lowest BCUT2D eigenvalue weighted by atomic mass is 9.85. The lowest BCUT2D eigenvalue weighted by Crippen LogP contribution is -2.41. The molecule has 1 fully saturated rings. The van der Waals surface area contributed by atoms with E-state index in [9.17, 15) is 22.4 Å². The summed E-state index contributed by atoms with van der Waals surface area (Å²) in [4.78, 5) is 11.4. The number of nitrogens with one attached hydrogen (secondary N) is 1. The average molecular weight is 290 g/mol. The number of rotatable bonds is 2. The van der Waals surface area contributed by atoms with Crippen LogP contribution in [-0.2, 0) is 11.0 Å². The Morgan fingerprint density at radius 1 is 1.35 bits per heavy atom. The Morgan fingerprint density at radius 3 is 2.60 bits per heavy atom. The molecule has 1 aliphatic heterocycles. The van der Waals surface area contributed by atoms with Gasteiger partial charge in [-0.3, -0.25) is 4.79 Å². The molecule has 1 aliphatic rings. The van der Waals surface area contributed by atoms with Gasteiger partial charge in [0.25, 0.3) is 0 Å². The zero-order valence-electron chi connectivity index (χ0n) is 10.5. The van der Waals surface area contributed by atoms with Crippen molar-refractivity contribution in [2.75, 3.05) is 6.54 Å². The Morgan fingerprint density at radius 2 is 2.05 bits per heavy atom. The smallest absolute Gasteiger partial charge is 0.369 e. The van der Waals surface area contributed by atoms with Gasteiger partial charge in [0.2, 0.25) is 5.91 Å². The van der Waals surface area contributed by atoms with Crippen molar-refractivity contribution in [2.24, 2.45) is 11.7 Å². The first kappa shape index (κ1) is 14.8. The summed E-state index contributed by atoms with van der Waals surface area (Å²) >= 11 is 0. The van der Waals surface area contributed by atoms with Crippen molar-refractivity contribution in [2.45, 2.75) is 25.1 Å². The minimum absolute atomic E-state index is 0.305. The van der Waals surface area contributed by atoms with E-state index < -0.39 is 35.4 Å². The van der Waals surface area contributed by atoms with Gasteiger partial charge in [-0.15, -0.1) is 0 Å². The summed E-state index contributed by atoms with van der Waals surface area (Å²) in [6, 6.07) is 2.16. The van der Waals surface area contributed by atoms with Crippen molar-refractivity contribution in [3.05, 3.63) is 35.1 Å². The summed E-state index contributed by atoms with van der Waals surface area (Å²) in [5.74, 6) is -2.42. The summed E-state index contributed by atoms with van der Waals surface area (Å²) in [6.45, 7) is 0.608. The molecule has 0 spiro atoms. The molecule has 0 aliphatic carbocycles. The van der Waals surface area contributed by atoms with Gasteiger partial charge in [0.05, 0.1) is 11.5 Å². The van der Waals surface area contributed by atoms with Gasteiger partial charge < -0.3 is 11.1 Å². The average Bonchev–Trinajstić information content (AvgIpc) is 2.37. The lowest BCUT2D eigenvalue weighted by Gasteiger charge is -2.31. The van der Waals surface area contributed by atoms with Crippen LogP contribution in [0.2, 0.25) is 0 Å². The molecule has 110 valence electrons. The number of benzene rings is 1. The molecule has 0 bridgehead atoms. The van der Waals surface area contributed by atoms with E-state index in [0.29, 0.717) is 24.6 Å². The third-order valence-electron chi connectivity index (χ3n) is 3.48. The number of alkyl halides is 3. The molecular weight excluding hydrogens is 276 g/mol. The summed E-state index contributed by atoms with van der Waals surface area (Å²) in [7, 11) is 0. The summed E-state index contributed by atoms with van der Waals surface area (Å²) < 4.78 is 51.1. The fourth-order valence-electron chi connectivity index (χ4n) is 2.50. The van der Waals surface area contributed by atoms with E-state index in [1.165, 1.54) is 6.07 Å². The molecule has 3 N–H and O–H groups in total. The van der Waals surface area contributed by atoms with Crippen LogP contribution in [0, 0.1) is 11.7 Å². The molecule has 0 saturated carbocycles. The van der Waals surface area contributed by atoms with Crippen molar-refractivity contribution in [1.82, 2.24) is 5.32 Å². The zero-order valence-corrected chi connectivity index (χ0v) is 10.5. The third-order valence-corrected chi connectivity index (χ3v) is 3.48. The lowest BCUT2D eigenvalue weighted by molar-refractivity contribution is -0.140. The third kappa shape index (κ3) is 2.92. The summed E-state index contributed by atoms with van der Waals surface area (Å²) in [5, 5.41) is 3.00. The SMILES string of the molecule is NC(=O)C1CCCNC1c1ccc(C(F)(F)F)c(F)c1. The Balaban J connectivity index is 2.33. The fourth-order valence-corrected chi connectivity index (χ4v) is 2.50. The van der Waals surface area contributed by atoms with E-state index in [2.05, 4.69) is 5.32 Å². The van der Waals surface area contributed by atoms with Crippen LogP contribution in [0.1, 0.15) is 30.0 Å². The Kier molecular flexibility index (Phi) is 3.99. The van der Waals surface area contributed by atoms with E-state index in [4.69, 9.17) is 5.73 Å². The van der Waals surface area contributed by atoms with Gasteiger partial charge >= 0.3 is 6.18 Å². The largest absolute Gasteiger partial charge is 0.419 e. The second-order valence-electron chi connectivity index (χ2n) is 4.82. The second kappa shape index (κ2) is 5.40. The molecule has 20 heavy (non-hydrogen) atoms. The first-order valence-corrected chi connectivity index (χ1v) is 6.20. The van der Waals surface area contributed by atoms with Crippen LogP contribution < -0.4 is 11.1 Å². The van der Waals surface area contributed by atoms with Crippen LogP contribution in [0.25, 0.3) is 0 Å². The maximum absolute atomic E-state index is 13.6. The molecule has 0 radical (unpaired) electrons. The zero-order chi connectivity index (χ0) is 14.9. The highest BCUT2D eigenvalue weighted by atomic mass is 19.4. The molecule has 2 unspecified atom stereocenters. The predicted octanol–water partition coefficient (Wildman–Crippen LogP) is 2.37. The van der Waals surface area contributed by atoms with Crippen molar-refractivity contribution in [3.8, 4) is 0 Å². The molecular formula is C13H14F4N2O. The summed E-state index contributed by atoms with van der Waals surface area (Å²) in [6.07, 6.45) is -3.45. The van der Waals surface area contributed by atoms with Gasteiger partial charge in [0.1, 0.15) is 5.82 Å². The predicted molar refractivity (Wildman–Crippen MR) is 64.1 cm³/mol. The molecule has 1 aromatic carbocycles. The fraction of sp³-hybridized carbons (Fsp3) is 0.462. The van der Waals surface area contributed by atoms with Crippen molar-refractivity contribution < 1.29 is 22.4 Å². The molecule has 2 rings (SSSR count). The highest BCUT2D eigenvalue weighted by Gasteiger charge is 2.36. The molecule has 0 aromatic heterocycles. The van der Waals surface area contributed by atoms with Gasteiger partial charge in [0.15, 0.2) is 0 Å². The van der Waals surface area contributed by atoms with Crippen LogP contribution in [0.15, 0.2) is 18.2 Å². The van der Waals surface area contributed by atoms with E-state index in [1.807, 2.05) is 0 Å². The second-order valence-corrected chi connectivity index (χ2v) is 4.82. The minimum atomic E-state index is -4.73. The van der Waals surface area contributed by atoms with E-state index >= 15 is 0 Å². The first-order valence-electron chi connectivity index (χ1n) is 6.20. The van der Waals surface area contributed by atoms with E-state index in [1.54, 1.807) is 0 Å². The van der Waals surface area contributed by atoms with Gasteiger partial charge in [0, 0.05) is 6.04 Å². The van der Waals surface area contributed by atoms with Crippen molar-refractivity contribution in [1.29, 1.82) is 0 Å². The number of piperidine rings is 1. The van der Waals surface area contributed by atoms with Crippen LogP contribution in [0.3, 0.4) is 0 Å². The molecule has 3 nitrogen and oxygen atoms in total. The van der Waals surface area contributed by atoms with Crippen molar-refractivity contribution >= 4 is 5.91 Å². The van der Waals surface area contributed by atoms with Gasteiger partial charge in [-0.25, -0.2) is 4.39 Å². The number of halogens is 4. The standard InChI is InChI=1S/C13H14F4N2O/c14-10-6-7(3-4-9(10)13(15,16)17)11-8(12(18)20)2-1-5-19-11/h3-4,6,8,11,19H,1-2,5H2,(H2,18,20). The van der Waals surface area contributed by atoms with Crippen LogP contribution in [-0.4, -0.2) is 12.5 Å². The van der Waals surface area contributed by atoms with Crippen molar-refractivity contribution in [3.63, 3.8) is 0 Å². The molecule has 1 heterocycles. The molecule has 7 heteroatoms. The number of hydrogen-bond acceptors (Lipinski definition) is 2. The van der Waals surface area contributed by atoms with Gasteiger partial charge in [-0.05, 0) is 37.1 Å². The van der Waals surface area contributed by atoms with Crippen LogP contribution in [0.5, 0.6) is 0 Å². The monoisotopic (exact) mass is 290 g/mol. The number of hydrogen-bond donors (Lipinski definition) is 2. The molecule has 2 atom stereocenters.